The SMILES string of the molecule is CC1(C)c2ccccc2Oc2c(N(c3ccc4oc(-c5ccccc5)c(-c5ccccc5)c4c3)c3cccc4c3Sc3ccccc3O4)cccc21. The van der Waals surface area contributed by atoms with E-state index in [1.165, 1.54) is 5.56 Å². The van der Waals surface area contributed by atoms with Crippen LogP contribution in [0.5, 0.6) is 23.0 Å². The molecule has 0 saturated heterocycles. The zero-order chi connectivity index (χ0) is 34.8. The number of para-hydroxylation sites is 3. The molecule has 0 bridgehead atoms. The van der Waals surface area contributed by atoms with Crippen molar-refractivity contribution >= 4 is 39.8 Å². The Labute approximate surface area is 306 Å². The first-order valence-electron chi connectivity index (χ1n) is 17.5. The van der Waals surface area contributed by atoms with Crippen LogP contribution in [0.3, 0.4) is 0 Å². The summed E-state index contributed by atoms with van der Waals surface area (Å²) in [5.74, 6) is 4.25. The standard InChI is InChI=1S/C47H33NO3S/c1-47(2)34-19-9-10-23-39(34)51-45-35(47)20-13-21-36(45)48(37-22-14-25-41-46(37)52-42-26-12-11-24-40(42)49-41)32-27-28-38-33(29-32)43(30-15-5-3-6-16-30)44(50-38)31-17-7-4-8-18-31/h3-29H,1-2H3. The zero-order valence-corrected chi connectivity index (χ0v) is 29.5. The van der Waals surface area contributed by atoms with E-state index >= 15 is 0 Å². The fourth-order valence-electron chi connectivity index (χ4n) is 7.65. The van der Waals surface area contributed by atoms with Crippen LogP contribution in [0.15, 0.2) is 178 Å². The second-order valence-electron chi connectivity index (χ2n) is 13.7. The maximum atomic E-state index is 6.91. The molecule has 0 N–H and O–H groups in total. The molecule has 0 spiro atoms. The van der Waals surface area contributed by atoms with E-state index in [0.717, 1.165) is 88.8 Å². The third-order valence-corrected chi connectivity index (χ3v) is 11.4. The molecule has 3 heterocycles. The van der Waals surface area contributed by atoms with Gasteiger partial charge in [0.05, 0.1) is 21.2 Å². The molecular weight excluding hydrogens is 659 g/mol. The smallest absolute Gasteiger partial charge is 0.155 e. The lowest BCUT2D eigenvalue weighted by Crippen LogP contribution is -2.25. The fourth-order valence-corrected chi connectivity index (χ4v) is 8.71. The maximum absolute atomic E-state index is 6.91. The van der Waals surface area contributed by atoms with Gasteiger partial charge in [-0.1, -0.05) is 135 Å². The molecule has 0 unspecified atom stereocenters. The quantitative estimate of drug-likeness (QED) is 0.179. The summed E-state index contributed by atoms with van der Waals surface area (Å²) in [7, 11) is 0. The van der Waals surface area contributed by atoms with E-state index in [1.54, 1.807) is 11.8 Å². The van der Waals surface area contributed by atoms with E-state index < -0.39 is 0 Å². The first kappa shape index (κ1) is 30.6. The molecule has 0 amide bonds. The van der Waals surface area contributed by atoms with Gasteiger partial charge in [-0.2, -0.15) is 0 Å². The Morgan fingerprint density at radius 3 is 2.02 bits per heavy atom. The second kappa shape index (κ2) is 12.0. The molecule has 2 aliphatic rings. The van der Waals surface area contributed by atoms with Gasteiger partial charge in [-0.3, -0.25) is 0 Å². The molecule has 4 nitrogen and oxygen atoms in total. The Kier molecular flexibility index (Phi) is 7.05. The molecular formula is C47H33NO3S. The van der Waals surface area contributed by atoms with Crippen LogP contribution in [0.4, 0.5) is 17.1 Å². The monoisotopic (exact) mass is 691 g/mol. The molecule has 0 atom stereocenters. The van der Waals surface area contributed by atoms with Crippen LogP contribution in [0.2, 0.25) is 0 Å². The number of hydrogen-bond donors (Lipinski definition) is 0. The van der Waals surface area contributed by atoms with Crippen LogP contribution in [-0.4, -0.2) is 0 Å². The molecule has 1 aromatic heterocycles. The summed E-state index contributed by atoms with van der Waals surface area (Å²) in [5, 5.41) is 1.03. The topological polar surface area (TPSA) is 34.8 Å². The minimum absolute atomic E-state index is 0.279. The average molecular weight is 692 g/mol. The van der Waals surface area contributed by atoms with Crippen LogP contribution in [0.1, 0.15) is 25.0 Å². The highest BCUT2D eigenvalue weighted by atomic mass is 32.2. The molecule has 0 aliphatic carbocycles. The maximum Gasteiger partial charge on any atom is 0.155 e. The zero-order valence-electron chi connectivity index (χ0n) is 28.7. The highest BCUT2D eigenvalue weighted by Crippen LogP contribution is 2.57. The summed E-state index contributed by atoms with van der Waals surface area (Å²) < 4.78 is 20.2. The molecule has 0 saturated carbocycles. The number of rotatable bonds is 5. The van der Waals surface area contributed by atoms with Crippen molar-refractivity contribution in [3.05, 3.63) is 175 Å². The molecule has 0 fully saturated rings. The summed E-state index contributed by atoms with van der Waals surface area (Å²) >= 11 is 1.73. The van der Waals surface area contributed by atoms with E-state index in [9.17, 15) is 0 Å². The van der Waals surface area contributed by atoms with Crippen LogP contribution < -0.4 is 14.4 Å². The van der Waals surface area contributed by atoms with Crippen molar-refractivity contribution in [3.63, 3.8) is 0 Å². The molecule has 10 rings (SSSR count). The van der Waals surface area contributed by atoms with Gasteiger partial charge in [0.25, 0.3) is 0 Å². The third-order valence-electron chi connectivity index (χ3n) is 10.2. The number of ether oxygens (including phenoxy) is 2. The number of fused-ring (bicyclic) bond motifs is 5. The molecule has 250 valence electrons. The minimum Gasteiger partial charge on any atom is -0.455 e. The van der Waals surface area contributed by atoms with Gasteiger partial charge in [0.15, 0.2) is 5.75 Å². The Bertz CT molecular complexity index is 2640. The number of benzene rings is 7. The lowest BCUT2D eigenvalue weighted by molar-refractivity contribution is 0.419. The minimum atomic E-state index is -0.279. The summed E-state index contributed by atoms with van der Waals surface area (Å²) in [6, 6.07) is 56.8. The number of furan rings is 1. The van der Waals surface area contributed by atoms with Gasteiger partial charge in [-0.05, 0) is 60.2 Å². The Morgan fingerprint density at radius 2 is 1.19 bits per heavy atom. The van der Waals surface area contributed by atoms with E-state index in [0.29, 0.717) is 0 Å². The average Bonchev–Trinajstić information content (AvgIpc) is 3.57. The molecule has 52 heavy (non-hydrogen) atoms. The van der Waals surface area contributed by atoms with E-state index in [2.05, 4.69) is 158 Å². The van der Waals surface area contributed by atoms with Crippen molar-refractivity contribution in [3.8, 4) is 45.4 Å². The second-order valence-corrected chi connectivity index (χ2v) is 14.7. The van der Waals surface area contributed by atoms with E-state index in [-0.39, 0.29) is 5.41 Å². The molecule has 7 aromatic carbocycles. The van der Waals surface area contributed by atoms with Gasteiger partial charge in [-0.25, -0.2) is 0 Å². The molecule has 8 aromatic rings. The summed E-state index contributed by atoms with van der Waals surface area (Å²) in [4.78, 5) is 4.44. The van der Waals surface area contributed by atoms with Gasteiger partial charge in [0, 0.05) is 38.7 Å². The summed E-state index contributed by atoms with van der Waals surface area (Å²) in [6.45, 7) is 4.56. The lowest BCUT2D eigenvalue weighted by atomic mass is 9.75. The first-order valence-corrected chi connectivity index (χ1v) is 18.3. The predicted octanol–water partition coefficient (Wildman–Crippen LogP) is 13.9. The van der Waals surface area contributed by atoms with Crippen molar-refractivity contribution in [1.82, 2.24) is 0 Å². The van der Waals surface area contributed by atoms with Crippen LogP contribution in [-0.2, 0) is 5.41 Å². The van der Waals surface area contributed by atoms with Gasteiger partial charge in [0.2, 0.25) is 0 Å². The van der Waals surface area contributed by atoms with Crippen LogP contribution in [0, 0.1) is 0 Å². The van der Waals surface area contributed by atoms with Crippen molar-refractivity contribution < 1.29 is 13.9 Å². The van der Waals surface area contributed by atoms with E-state index in [1.807, 2.05) is 24.3 Å². The van der Waals surface area contributed by atoms with Gasteiger partial charge in [-0.15, -0.1) is 0 Å². The van der Waals surface area contributed by atoms with E-state index in [4.69, 9.17) is 13.9 Å². The number of hydrogen-bond acceptors (Lipinski definition) is 5. The highest BCUT2D eigenvalue weighted by molar-refractivity contribution is 7.99. The van der Waals surface area contributed by atoms with Crippen LogP contribution >= 0.6 is 11.8 Å². The Hall–Kier alpha value is -6.17. The molecule has 2 aliphatic heterocycles. The number of anilines is 3. The predicted molar refractivity (Wildman–Crippen MR) is 211 cm³/mol. The normalized spacial score (nSPS) is 13.6. The molecule has 0 radical (unpaired) electrons. The molecule has 5 heteroatoms. The Balaban J connectivity index is 1.24. The van der Waals surface area contributed by atoms with Crippen LogP contribution in [0.25, 0.3) is 33.4 Å². The van der Waals surface area contributed by atoms with Crippen molar-refractivity contribution in [1.29, 1.82) is 0 Å². The summed E-state index contributed by atoms with van der Waals surface area (Å²) in [5.41, 5.74) is 8.96. The van der Waals surface area contributed by atoms with Crippen molar-refractivity contribution in [2.45, 2.75) is 29.1 Å². The van der Waals surface area contributed by atoms with Gasteiger partial charge < -0.3 is 18.8 Å². The lowest BCUT2D eigenvalue weighted by Gasteiger charge is -2.38. The fraction of sp³-hybridized carbons (Fsp3) is 0.0638. The van der Waals surface area contributed by atoms with Gasteiger partial charge >= 0.3 is 0 Å². The highest BCUT2D eigenvalue weighted by Gasteiger charge is 2.37. The number of nitrogens with zero attached hydrogens (tertiary/aromatic N) is 1. The third kappa shape index (κ3) is 4.84. The summed E-state index contributed by atoms with van der Waals surface area (Å²) in [6.07, 6.45) is 0. The van der Waals surface area contributed by atoms with Gasteiger partial charge in [0.1, 0.15) is 28.6 Å². The Morgan fingerprint density at radius 1 is 0.538 bits per heavy atom. The largest absolute Gasteiger partial charge is 0.455 e. The van der Waals surface area contributed by atoms with Crippen molar-refractivity contribution in [2.75, 3.05) is 4.90 Å². The first-order chi connectivity index (χ1) is 25.5. The van der Waals surface area contributed by atoms with Crippen molar-refractivity contribution in [2.24, 2.45) is 0 Å².